The minimum absolute atomic E-state index is 0.159. The normalized spacial score (nSPS) is 12.3. The Labute approximate surface area is 112 Å². The van der Waals surface area contributed by atoms with Crippen LogP contribution in [0.1, 0.15) is 24.1 Å². The second-order valence-corrected chi connectivity index (χ2v) is 4.67. The summed E-state index contributed by atoms with van der Waals surface area (Å²) in [5, 5.41) is 13.6. The topological polar surface area (TPSA) is 32.3 Å². The second-order valence-electron chi connectivity index (χ2n) is 4.26. The Morgan fingerprint density at radius 3 is 2.56 bits per heavy atom. The number of hydrogen-bond donors (Lipinski definition) is 2. The van der Waals surface area contributed by atoms with Gasteiger partial charge in [-0.05, 0) is 18.6 Å². The van der Waals surface area contributed by atoms with Crippen molar-refractivity contribution in [2.45, 2.75) is 19.5 Å². The molecule has 0 heterocycles. The zero-order chi connectivity index (χ0) is 13.0. The van der Waals surface area contributed by atoms with Crippen LogP contribution in [-0.2, 0) is 6.54 Å². The van der Waals surface area contributed by atoms with Crippen molar-refractivity contribution in [1.82, 2.24) is 5.32 Å². The Morgan fingerprint density at radius 2 is 1.83 bits per heavy atom. The predicted molar refractivity (Wildman–Crippen MR) is 74.8 cm³/mol. The van der Waals surface area contributed by atoms with Crippen molar-refractivity contribution in [3.05, 3.63) is 64.7 Å². The smallest absolute Gasteiger partial charge is 0.138 e. The van der Waals surface area contributed by atoms with Gasteiger partial charge in [-0.2, -0.15) is 0 Å². The van der Waals surface area contributed by atoms with Gasteiger partial charge in [0.25, 0.3) is 0 Å². The lowest BCUT2D eigenvalue weighted by atomic mass is 10.1. The molecule has 1 atom stereocenters. The minimum Gasteiger partial charge on any atom is -0.506 e. The predicted octanol–water partition coefficient (Wildman–Crippen LogP) is 3.90. The number of phenols is 1. The van der Waals surface area contributed by atoms with E-state index in [9.17, 15) is 5.11 Å². The van der Waals surface area contributed by atoms with E-state index in [0.717, 1.165) is 5.56 Å². The molecular formula is C15H16ClNO. The summed E-state index contributed by atoms with van der Waals surface area (Å²) in [7, 11) is 0. The lowest BCUT2D eigenvalue weighted by Crippen LogP contribution is -2.18. The molecule has 2 nitrogen and oxygen atoms in total. The summed E-state index contributed by atoms with van der Waals surface area (Å²) in [4.78, 5) is 0. The first-order chi connectivity index (χ1) is 8.68. The fourth-order valence-electron chi connectivity index (χ4n) is 1.83. The Morgan fingerprint density at radius 1 is 1.11 bits per heavy atom. The maximum Gasteiger partial charge on any atom is 0.138 e. The molecule has 3 heteroatoms. The molecule has 0 aliphatic carbocycles. The van der Waals surface area contributed by atoms with Gasteiger partial charge in [0.2, 0.25) is 0 Å². The molecule has 0 saturated heterocycles. The molecule has 0 aromatic heterocycles. The van der Waals surface area contributed by atoms with Crippen molar-refractivity contribution in [2.24, 2.45) is 0 Å². The van der Waals surface area contributed by atoms with Crippen LogP contribution < -0.4 is 5.32 Å². The van der Waals surface area contributed by atoms with Gasteiger partial charge in [0.15, 0.2) is 0 Å². The molecule has 0 aliphatic heterocycles. The maximum atomic E-state index is 9.81. The van der Waals surface area contributed by atoms with Gasteiger partial charge in [0.05, 0.1) is 5.02 Å². The lowest BCUT2D eigenvalue weighted by Gasteiger charge is -2.15. The Balaban J connectivity index is 2.02. The lowest BCUT2D eigenvalue weighted by molar-refractivity contribution is 0.460. The average Bonchev–Trinajstić information content (AvgIpc) is 2.41. The van der Waals surface area contributed by atoms with Crippen molar-refractivity contribution >= 4 is 11.6 Å². The summed E-state index contributed by atoms with van der Waals surface area (Å²) in [5.74, 6) is 0.159. The van der Waals surface area contributed by atoms with Gasteiger partial charge < -0.3 is 10.4 Å². The van der Waals surface area contributed by atoms with Crippen LogP contribution in [0.5, 0.6) is 5.75 Å². The zero-order valence-electron chi connectivity index (χ0n) is 10.2. The molecule has 94 valence electrons. The molecule has 2 aromatic carbocycles. The summed E-state index contributed by atoms with van der Waals surface area (Å²) in [6.45, 7) is 2.68. The molecule has 0 bridgehead atoms. The third-order valence-corrected chi connectivity index (χ3v) is 3.27. The van der Waals surface area contributed by atoms with E-state index in [4.69, 9.17) is 11.6 Å². The molecule has 0 saturated carbocycles. The Hall–Kier alpha value is -1.51. The molecule has 0 aliphatic rings. The van der Waals surface area contributed by atoms with Crippen LogP contribution >= 0.6 is 11.6 Å². The summed E-state index contributed by atoms with van der Waals surface area (Å²) in [6, 6.07) is 15.8. The largest absolute Gasteiger partial charge is 0.506 e. The highest BCUT2D eigenvalue weighted by Gasteiger charge is 2.08. The first-order valence-electron chi connectivity index (χ1n) is 5.93. The molecule has 0 fully saturated rings. The first kappa shape index (κ1) is 12.9. The number of hydrogen-bond acceptors (Lipinski definition) is 2. The van der Waals surface area contributed by atoms with Crippen molar-refractivity contribution < 1.29 is 5.11 Å². The van der Waals surface area contributed by atoms with Crippen molar-refractivity contribution in [3.8, 4) is 5.75 Å². The van der Waals surface area contributed by atoms with Gasteiger partial charge in [-0.3, -0.25) is 0 Å². The van der Waals surface area contributed by atoms with Crippen LogP contribution in [0.25, 0.3) is 0 Å². The fourth-order valence-corrected chi connectivity index (χ4v) is 2.02. The summed E-state index contributed by atoms with van der Waals surface area (Å²) < 4.78 is 0. The molecule has 2 rings (SSSR count). The van der Waals surface area contributed by atoms with Crippen molar-refractivity contribution in [2.75, 3.05) is 0 Å². The van der Waals surface area contributed by atoms with E-state index in [1.54, 1.807) is 6.07 Å². The van der Waals surface area contributed by atoms with E-state index < -0.39 is 0 Å². The van der Waals surface area contributed by atoms with Gasteiger partial charge in [0.1, 0.15) is 5.75 Å². The van der Waals surface area contributed by atoms with Gasteiger partial charge in [0, 0.05) is 18.2 Å². The van der Waals surface area contributed by atoms with Crippen molar-refractivity contribution in [1.29, 1.82) is 0 Å². The van der Waals surface area contributed by atoms with Crippen LogP contribution in [0.4, 0.5) is 0 Å². The summed E-state index contributed by atoms with van der Waals surface area (Å²) >= 11 is 5.87. The molecule has 0 spiro atoms. The molecule has 0 amide bonds. The zero-order valence-corrected chi connectivity index (χ0v) is 11.0. The number of benzene rings is 2. The van der Waals surface area contributed by atoms with Crippen LogP contribution in [0, 0.1) is 0 Å². The molecular weight excluding hydrogens is 246 g/mol. The standard InChI is InChI=1S/C15H16ClNO/c1-11(12-6-3-2-4-7-12)17-10-13-8-5-9-14(16)15(13)18/h2-9,11,17-18H,10H2,1H3/t11-/m1/s1. The van der Waals surface area contributed by atoms with Gasteiger partial charge in [-0.25, -0.2) is 0 Å². The monoisotopic (exact) mass is 261 g/mol. The molecule has 18 heavy (non-hydrogen) atoms. The number of aromatic hydroxyl groups is 1. The first-order valence-corrected chi connectivity index (χ1v) is 6.31. The van der Waals surface area contributed by atoms with Crippen LogP contribution in [0.2, 0.25) is 5.02 Å². The molecule has 0 radical (unpaired) electrons. The van der Waals surface area contributed by atoms with Gasteiger partial charge in [-0.15, -0.1) is 0 Å². The van der Waals surface area contributed by atoms with E-state index in [1.807, 2.05) is 30.3 Å². The van der Waals surface area contributed by atoms with E-state index >= 15 is 0 Å². The molecule has 0 unspecified atom stereocenters. The van der Waals surface area contributed by atoms with Crippen molar-refractivity contribution in [3.63, 3.8) is 0 Å². The average molecular weight is 262 g/mol. The van der Waals surface area contributed by atoms with Crippen LogP contribution in [0.15, 0.2) is 48.5 Å². The van der Waals surface area contributed by atoms with E-state index in [2.05, 4.69) is 24.4 Å². The van der Waals surface area contributed by atoms with E-state index in [-0.39, 0.29) is 11.8 Å². The van der Waals surface area contributed by atoms with Gasteiger partial charge in [-0.1, -0.05) is 54.1 Å². The fraction of sp³-hybridized carbons (Fsp3) is 0.200. The number of rotatable bonds is 4. The number of para-hydroxylation sites is 1. The summed E-state index contributed by atoms with van der Waals surface area (Å²) in [5.41, 5.74) is 2.03. The van der Waals surface area contributed by atoms with E-state index in [1.165, 1.54) is 5.56 Å². The third-order valence-electron chi connectivity index (χ3n) is 2.97. The highest BCUT2D eigenvalue weighted by atomic mass is 35.5. The Kier molecular flexibility index (Phi) is 4.24. The van der Waals surface area contributed by atoms with Crippen LogP contribution in [-0.4, -0.2) is 5.11 Å². The third kappa shape index (κ3) is 3.03. The minimum atomic E-state index is 0.159. The van der Waals surface area contributed by atoms with E-state index in [0.29, 0.717) is 11.6 Å². The SMILES string of the molecule is C[C@@H](NCc1cccc(Cl)c1O)c1ccccc1. The van der Waals surface area contributed by atoms with Gasteiger partial charge >= 0.3 is 0 Å². The highest BCUT2D eigenvalue weighted by molar-refractivity contribution is 6.32. The Bertz CT molecular complexity index is 513. The maximum absolute atomic E-state index is 9.81. The quantitative estimate of drug-likeness (QED) is 0.875. The van der Waals surface area contributed by atoms with Crippen LogP contribution in [0.3, 0.4) is 0 Å². The molecule has 2 aromatic rings. The number of phenolic OH excluding ortho intramolecular Hbond substituents is 1. The highest BCUT2D eigenvalue weighted by Crippen LogP contribution is 2.27. The number of nitrogens with one attached hydrogen (secondary N) is 1. The molecule has 2 N–H and O–H groups in total. The second kappa shape index (κ2) is 5.89. The number of halogens is 1. The summed E-state index contributed by atoms with van der Waals surface area (Å²) in [6.07, 6.45) is 0.